The van der Waals surface area contributed by atoms with Crippen LogP contribution in [-0.4, -0.2) is 42.4 Å². The van der Waals surface area contributed by atoms with Crippen LogP contribution in [0.2, 0.25) is 0 Å². The van der Waals surface area contributed by atoms with Crippen LogP contribution in [-0.2, 0) is 16.0 Å². The Morgan fingerprint density at radius 3 is 2.85 bits per heavy atom. The monoisotopic (exact) mass is 385 g/mol. The molecule has 2 rings (SSSR count). The Hall–Kier alpha value is -1.66. The Morgan fingerprint density at radius 1 is 1.38 bits per heavy atom. The zero-order chi connectivity index (χ0) is 18.2. The van der Waals surface area contributed by atoms with Crippen molar-refractivity contribution in [2.45, 2.75) is 45.1 Å². The van der Waals surface area contributed by atoms with E-state index in [-0.39, 0.29) is 42.0 Å². The second-order valence-corrected chi connectivity index (χ2v) is 6.76. The highest BCUT2D eigenvalue weighted by molar-refractivity contribution is 5.85. The van der Waals surface area contributed by atoms with Crippen molar-refractivity contribution in [2.24, 2.45) is 11.7 Å². The molecule has 2 unspecified atom stereocenters. The summed E-state index contributed by atoms with van der Waals surface area (Å²) in [4.78, 5) is 26.4. The van der Waals surface area contributed by atoms with Gasteiger partial charge in [0.2, 0.25) is 11.8 Å². The van der Waals surface area contributed by atoms with Crippen molar-refractivity contribution in [3.63, 3.8) is 0 Å². The molecule has 1 fully saturated rings. The Labute approximate surface area is 160 Å². The Bertz CT molecular complexity index is 600. The summed E-state index contributed by atoms with van der Waals surface area (Å²) in [6.07, 6.45) is 3.74. The minimum atomic E-state index is -0.282. The average molecular weight is 386 g/mol. The normalized spacial score (nSPS) is 18.0. The molecule has 26 heavy (non-hydrogen) atoms. The number of nitrogens with zero attached hydrogens (tertiary/aromatic N) is 1. The van der Waals surface area contributed by atoms with Crippen molar-refractivity contribution in [2.75, 3.05) is 19.6 Å². The van der Waals surface area contributed by atoms with Crippen LogP contribution in [0.4, 0.5) is 4.39 Å². The summed E-state index contributed by atoms with van der Waals surface area (Å²) in [5.41, 5.74) is 6.21. The number of piperidine rings is 1. The van der Waals surface area contributed by atoms with Gasteiger partial charge >= 0.3 is 0 Å². The molecule has 0 aromatic heterocycles. The maximum Gasteiger partial charge on any atom is 0.226 e. The molecule has 0 aliphatic carbocycles. The first-order valence-electron chi connectivity index (χ1n) is 9.03. The lowest BCUT2D eigenvalue weighted by molar-refractivity contribution is -0.139. The summed E-state index contributed by atoms with van der Waals surface area (Å²) in [5.74, 6) is -0.506. The van der Waals surface area contributed by atoms with Crippen molar-refractivity contribution in [1.82, 2.24) is 10.2 Å². The fourth-order valence-corrected chi connectivity index (χ4v) is 3.34. The van der Waals surface area contributed by atoms with Crippen LogP contribution in [0.3, 0.4) is 0 Å². The zero-order valence-electron chi connectivity index (χ0n) is 15.2. The molecule has 7 heteroatoms. The lowest BCUT2D eigenvalue weighted by Crippen LogP contribution is -2.51. The van der Waals surface area contributed by atoms with E-state index in [0.717, 1.165) is 24.8 Å². The van der Waals surface area contributed by atoms with Gasteiger partial charge in [-0.25, -0.2) is 4.39 Å². The summed E-state index contributed by atoms with van der Waals surface area (Å²) < 4.78 is 13.3. The van der Waals surface area contributed by atoms with Crippen LogP contribution < -0.4 is 11.1 Å². The summed E-state index contributed by atoms with van der Waals surface area (Å²) in [6.45, 7) is 3.39. The Kier molecular flexibility index (Phi) is 9.59. The third-order valence-electron chi connectivity index (χ3n) is 4.67. The highest BCUT2D eigenvalue weighted by Crippen LogP contribution is 2.21. The van der Waals surface area contributed by atoms with Gasteiger partial charge in [0.15, 0.2) is 0 Å². The van der Waals surface area contributed by atoms with Gasteiger partial charge in [0.25, 0.3) is 0 Å². The molecule has 1 heterocycles. The standard InChI is InChI=1S/C19H28FN3O2.ClH/c1-14(11-15-5-4-6-16(20)12-15)19(25)23-10-3-2-7-17(23)13-22-18(24)8-9-21;/h4-6,12,14,17H,2-3,7-11,13,21H2,1H3,(H,22,24);1H. The van der Waals surface area contributed by atoms with Gasteiger partial charge in [-0.3, -0.25) is 9.59 Å². The molecule has 146 valence electrons. The Morgan fingerprint density at radius 2 is 2.15 bits per heavy atom. The van der Waals surface area contributed by atoms with Crippen LogP contribution in [0.1, 0.15) is 38.2 Å². The molecule has 1 aliphatic rings. The van der Waals surface area contributed by atoms with Gasteiger partial charge in [0.1, 0.15) is 5.82 Å². The second-order valence-electron chi connectivity index (χ2n) is 6.76. The second kappa shape index (κ2) is 11.1. The summed E-state index contributed by atoms with van der Waals surface area (Å²) in [5, 5.41) is 2.87. The van der Waals surface area contributed by atoms with E-state index in [9.17, 15) is 14.0 Å². The topological polar surface area (TPSA) is 75.4 Å². The highest BCUT2D eigenvalue weighted by Gasteiger charge is 2.29. The molecule has 0 spiro atoms. The van der Waals surface area contributed by atoms with Crippen LogP contribution in [0.15, 0.2) is 24.3 Å². The van der Waals surface area contributed by atoms with Crippen molar-refractivity contribution < 1.29 is 14.0 Å². The van der Waals surface area contributed by atoms with E-state index < -0.39 is 0 Å². The third kappa shape index (κ3) is 6.57. The number of nitrogens with two attached hydrogens (primary N) is 1. The van der Waals surface area contributed by atoms with E-state index >= 15 is 0 Å². The molecule has 1 aromatic carbocycles. The van der Waals surface area contributed by atoms with Crippen LogP contribution in [0.5, 0.6) is 0 Å². The number of nitrogens with one attached hydrogen (secondary N) is 1. The molecule has 1 aliphatic heterocycles. The quantitative estimate of drug-likeness (QED) is 0.756. The van der Waals surface area contributed by atoms with E-state index in [4.69, 9.17) is 5.73 Å². The van der Waals surface area contributed by atoms with Gasteiger partial charge in [-0.1, -0.05) is 19.1 Å². The summed E-state index contributed by atoms with van der Waals surface area (Å²) >= 11 is 0. The first kappa shape index (κ1) is 22.4. The number of carbonyl (C=O) groups excluding carboxylic acids is 2. The van der Waals surface area contributed by atoms with E-state index in [0.29, 0.717) is 32.5 Å². The zero-order valence-corrected chi connectivity index (χ0v) is 16.1. The minimum Gasteiger partial charge on any atom is -0.354 e. The van der Waals surface area contributed by atoms with Crippen LogP contribution in [0.25, 0.3) is 0 Å². The smallest absolute Gasteiger partial charge is 0.226 e. The van der Waals surface area contributed by atoms with E-state index in [1.54, 1.807) is 6.07 Å². The van der Waals surface area contributed by atoms with Crippen LogP contribution >= 0.6 is 12.4 Å². The maximum absolute atomic E-state index is 13.3. The van der Waals surface area contributed by atoms with Crippen molar-refractivity contribution in [3.05, 3.63) is 35.6 Å². The van der Waals surface area contributed by atoms with Gasteiger partial charge in [-0.2, -0.15) is 0 Å². The van der Waals surface area contributed by atoms with E-state index in [2.05, 4.69) is 5.32 Å². The lowest BCUT2D eigenvalue weighted by Gasteiger charge is -2.37. The molecule has 2 atom stereocenters. The number of amides is 2. The number of carbonyl (C=O) groups is 2. The number of rotatable bonds is 7. The molecule has 0 bridgehead atoms. The number of hydrogen-bond donors (Lipinski definition) is 2. The molecule has 5 nitrogen and oxygen atoms in total. The van der Waals surface area contributed by atoms with Crippen LogP contribution in [0, 0.1) is 11.7 Å². The molecular weight excluding hydrogens is 357 g/mol. The maximum atomic E-state index is 13.3. The lowest BCUT2D eigenvalue weighted by atomic mass is 9.95. The first-order valence-corrected chi connectivity index (χ1v) is 9.03. The fraction of sp³-hybridized carbons (Fsp3) is 0.579. The van der Waals surface area contributed by atoms with Crippen molar-refractivity contribution >= 4 is 24.2 Å². The molecule has 1 aromatic rings. The molecule has 3 N–H and O–H groups in total. The molecule has 0 saturated carbocycles. The van der Waals surface area contributed by atoms with Gasteiger partial charge in [0.05, 0.1) is 0 Å². The predicted octanol–water partition coefficient (Wildman–Crippen LogP) is 2.27. The van der Waals surface area contributed by atoms with E-state index in [1.165, 1.54) is 12.1 Å². The number of halogens is 2. The van der Waals surface area contributed by atoms with Crippen molar-refractivity contribution in [1.29, 1.82) is 0 Å². The van der Waals surface area contributed by atoms with Gasteiger partial charge in [-0.05, 0) is 43.4 Å². The first-order chi connectivity index (χ1) is 12.0. The third-order valence-corrected chi connectivity index (χ3v) is 4.67. The highest BCUT2D eigenvalue weighted by atomic mass is 35.5. The van der Waals surface area contributed by atoms with Gasteiger partial charge in [0, 0.05) is 38.0 Å². The summed E-state index contributed by atoms with van der Waals surface area (Å²) in [6, 6.07) is 6.41. The molecular formula is C19H29ClFN3O2. The average Bonchev–Trinajstić information content (AvgIpc) is 2.60. The van der Waals surface area contributed by atoms with Gasteiger partial charge < -0.3 is 16.0 Å². The van der Waals surface area contributed by atoms with Gasteiger partial charge in [-0.15, -0.1) is 12.4 Å². The largest absolute Gasteiger partial charge is 0.354 e. The Balaban J connectivity index is 0.00000338. The minimum absolute atomic E-state index is 0. The fourth-order valence-electron chi connectivity index (χ4n) is 3.34. The number of benzene rings is 1. The van der Waals surface area contributed by atoms with Crippen molar-refractivity contribution in [3.8, 4) is 0 Å². The summed E-state index contributed by atoms with van der Waals surface area (Å²) in [7, 11) is 0. The molecule has 1 saturated heterocycles. The van der Waals surface area contributed by atoms with E-state index in [1.807, 2.05) is 17.9 Å². The SMILES string of the molecule is CC(Cc1cccc(F)c1)C(=O)N1CCCCC1CNC(=O)CCN.Cl. The molecule has 2 amide bonds. The predicted molar refractivity (Wildman–Crippen MR) is 103 cm³/mol. The number of likely N-dealkylation sites (tertiary alicyclic amines) is 1. The number of hydrogen-bond acceptors (Lipinski definition) is 3. The molecule has 0 radical (unpaired) electrons.